The molecular formula is C25H35N3O2. The highest BCUT2D eigenvalue weighted by molar-refractivity contribution is 5.93. The molecule has 0 N–H and O–H groups in total. The van der Waals surface area contributed by atoms with Crippen LogP contribution in [0.1, 0.15) is 50.5 Å². The molecule has 2 aliphatic heterocycles. The molecule has 2 heterocycles. The lowest BCUT2D eigenvalue weighted by Crippen LogP contribution is -2.48. The van der Waals surface area contributed by atoms with E-state index in [0.717, 1.165) is 89.9 Å². The smallest absolute Gasteiger partial charge is 0.249 e. The maximum absolute atomic E-state index is 12.7. The lowest BCUT2D eigenvalue weighted by Gasteiger charge is -2.36. The van der Waals surface area contributed by atoms with Crippen LogP contribution in [0.3, 0.4) is 0 Å². The molecule has 1 aromatic rings. The van der Waals surface area contributed by atoms with Crippen molar-refractivity contribution in [2.45, 2.75) is 51.5 Å². The Morgan fingerprint density at radius 2 is 1.73 bits per heavy atom. The van der Waals surface area contributed by atoms with Crippen molar-refractivity contribution in [2.24, 2.45) is 5.92 Å². The Morgan fingerprint density at radius 3 is 2.47 bits per heavy atom. The van der Waals surface area contributed by atoms with Crippen LogP contribution in [0.5, 0.6) is 0 Å². The summed E-state index contributed by atoms with van der Waals surface area (Å²) in [6.45, 7) is 6.22. The molecule has 30 heavy (non-hydrogen) atoms. The van der Waals surface area contributed by atoms with Crippen LogP contribution in [-0.4, -0.2) is 65.8 Å². The van der Waals surface area contributed by atoms with Gasteiger partial charge in [-0.25, -0.2) is 0 Å². The summed E-state index contributed by atoms with van der Waals surface area (Å²) in [6, 6.07) is 10.5. The quantitative estimate of drug-likeness (QED) is 0.723. The molecule has 0 unspecified atom stereocenters. The van der Waals surface area contributed by atoms with Crippen molar-refractivity contribution >= 4 is 11.8 Å². The molecule has 1 aromatic carbocycles. The highest BCUT2D eigenvalue weighted by Gasteiger charge is 2.28. The van der Waals surface area contributed by atoms with Crippen molar-refractivity contribution in [3.8, 4) is 0 Å². The highest BCUT2D eigenvalue weighted by Crippen LogP contribution is 2.26. The van der Waals surface area contributed by atoms with Crippen molar-refractivity contribution < 1.29 is 9.59 Å². The van der Waals surface area contributed by atoms with E-state index in [1.165, 1.54) is 5.56 Å². The third kappa shape index (κ3) is 5.51. The fraction of sp³-hybridized carbons (Fsp3) is 0.600. The van der Waals surface area contributed by atoms with Gasteiger partial charge in [0.05, 0.1) is 0 Å². The van der Waals surface area contributed by atoms with Crippen molar-refractivity contribution in [3.05, 3.63) is 47.5 Å². The van der Waals surface area contributed by atoms with E-state index in [9.17, 15) is 9.59 Å². The number of benzene rings is 1. The van der Waals surface area contributed by atoms with E-state index in [-0.39, 0.29) is 11.8 Å². The summed E-state index contributed by atoms with van der Waals surface area (Å²) < 4.78 is 0. The third-order valence-electron chi connectivity index (χ3n) is 6.86. The number of carbonyl (C=O) groups is 2. The molecule has 2 fully saturated rings. The van der Waals surface area contributed by atoms with Crippen molar-refractivity contribution in [1.82, 2.24) is 14.7 Å². The monoisotopic (exact) mass is 409 g/mol. The molecule has 2 amide bonds. The first-order chi connectivity index (χ1) is 14.7. The van der Waals surface area contributed by atoms with Gasteiger partial charge in [0, 0.05) is 57.8 Å². The number of hydrogen-bond acceptors (Lipinski definition) is 3. The molecule has 4 rings (SSSR count). The number of amides is 2. The number of piperidine rings is 1. The molecule has 0 radical (unpaired) electrons. The fourth-order valence-corrected chi connectivity index (χ4v) is 5.04. The van der Waals surface area contributed by atoms with Crippen LogP contribution in [0.25, 0.3) is 0 Å². The van der Waals surface area contributed by atoms with Crippen LogP contribution < -0.4 is 0 Å². The number of likely N-dealkylation sites (tertiary alicyclic amines) is 1. The second-order valence-electron chi connectivity index (χ2n) is 9.06. The zero-order chi connectivity index (χ0) is 20.8. The van der Waals surface area contributed by atoms with Crippen molar-refractivity contribution in [3.63, 3.8) is 0 Å². The van der Waals surface area contributed by atoms with E-state index in [1.54, 1.807) is 0 Å². The lowest BCUT2D eigenvalue weighted by atomic mass is 9.92. The predicted molar refractivity (Wildman–Crippen MR) is 119 cm³/mol. The predicted octanol–water partition coefficient (Wildman–Crippen LogP) is 3.46. The van der Waals surface area contributed by atoms with Gasteiger partial charge in [0.25, 0.3) is 0 Å². The molecule has 2 saturated heterocycles. The molecule has 1 atom stereocenters. The van der Waals surface area contributed by atoms with Gasteiger partial charge in [-0.2, -0.15) is 0 Å². The van der Waals surface area contributed by atoms with Gasteiger partial charge in [-0.05, 0) is 50.0 Å². The summed E-state index contributed by atoms with van der Waals surface area (Å²) in [5.41, 5.74) is 2.35. The summed E-state index contributed by atoms with van der Waals surface area (Å²) in [4.78, 5) is 31.9. The maximum atomic E-state index is 12.7. The zero-order valence-electron chi connectivity index (χ0n) is 18.1. The second-order valence-corrected chi connectivity index (χ2v) is 9.06. The highest BCUT2D eigenvalue weighted by atomic mass is 16.2. The average molecular weight is 410 g/mol. The average Bonchev–Trinajstić information content (AvgIpc) is 3.33. The lowest BCUT2D eigenvalue weighted by molar-refractivity contribution is -0.133. The topological polar surface area (TPSA) is 43.9 Å². The first-order valence-electron chi connectivity index (χ1n) is 11.7. The van der Waals surface area contributed by atoms with Gasteiger partial charge >= 0.3 is 0 Å². The first kappa shape index (κ1) is 21.1. The van der Waals surface area contributed by atoms with Crippen LogP contribution in [0, 0.1) is 5.92 Å². The molecule has 1 aliphatic carbocycles. The Labute approximate surface area is 180 Å². The van der Waals surface area contributed by atoms with E-state index in [1.807, 2.05) is 15.9 Å². The molecule has 0 bridgehead atoms. The first-order valence-corrected chi connectivity index (χ1v) is 11.7. The minimum atomic E-state index is 0.248. The van der Waals surface area contributed by atoms with Crippen LogP contribution in [0.2, 0.25) is 0 Å². The number of hydrogen-bond donors (Lipinski definition) is 0. The summed E-state index contributed by atoms with van der Waals surface area (Å²) in [6.07, 6.45) is 8.95. The van der Waals surface area contributed by atoms with Crippen LogP contribution in [0.15, 0.2) is 42.0 Å². The van der Waals surface area contributed by atoms with E-state index >= 15 is 0 Å². The zero-order valence-corrected chi connectivity index (χ0v) is 18.1. The standard InChI is InChI=1S/C25H35N3O2/c29-24(27-17-15-26(16-18-27)19-21-7-2-1-3-8-21)13-12-22-9-6-14-28(20-22)25(30)23-10-4-5-11-23/h1-3,7-8,10,22H,4-6,9,11-20H2/t22-/m1/s1. The van der Waals surface area contributed by atoms with Gasteiger partial charge in [0.15, 0.2) is 0 Å². The van der Waals surface area contributed by atoms with Gasteiger partial charge in [-0.3, -0.25) is 14.5 Å². The van der Waals surface area contributed by atoms with Gasteiger partial charge in [0.2, 0.25) is 11.8 Å². The fourth-order valence-electron chi connectivity index (χ4n) is 5.04. The van der Waals surface area contributed by atoms with Crippen LogP contribution in [0.4, 0.5) is 0 Å². The van der Waals surface area contributed by atoms with Gasteiger partial charge in [-0.15, -0.1) is 0 Å². The normalized spacial score (nSPS) is 22.8. The molecule has 0 saturated carbocycles. The van der Waals surface area contributed by atoms with E-state index in [0.29, 0.717) is 12.3 Å². The van der Waals surface area contributed by atoms with Crippen molar-refractivity contribution in [2.75, 3.05) is 39.3 Å². The Kier molecular flexibility index (Phi) is 7.21. The maximum Gasteiger partial charge on any atom is 0.249 e. The van der Waals surface area contributed by atoms with E-state index in [4.69, 9.17) is 0 Å². The Balaban J connectivity index is 1.18. The molecule has 0 spiro atoms. The van der Waals surface area contributed by atoms with E-state index in [2.05, 4.69) is 35.2 Å². The Morgan fingerprint density at radius 1 is 0.933 bits per heavy atom. The summed E-state index contributed by atoms with van der Waals surface area (Å²) in [7, 11) is 0. The van der Waals surface area contributed by atoms with Crippen LogP contribution >= 0.6 is 0 Å². The van der Waals surface area contributed by atoms with Gasteiger partial charge in [0.1, 0.15) is 0 Å². The number of piperazine rings is 1. The minimum absolute atomic E-state index is 0.248. The number of allylic oxidation sites excluding steroid dienone is 1. The SMILES string of the molecule is O=C(CC[C@H]1CCCN(C(=O)C2=CCCC2)C1)N1CCN(Cc2ccccc2)CC1. The number of nitrogens with zero attached hydrogens (tertiary/aromatic N) is 3. The second kappa shape index (κ2) is 10.3. The van der Waals surface area contributed by atoms with Crippen molar-refractivity contribution in [1.29, 1.82) is 0 Å². The van der Waals surface area contributed by atoms with Crippen LogP contribution in [-0.2, 0) is 16.1 Å². The molecule has 5 nitrogen and oxygen atoms in total. The summed E-state index contributed by atoms with van der Waals surface area (Å²) >= 11 is 0. The molecule has 5 heteroatoms. The summed E-state index contributed by atoms with van der Waals surface area (Å²) in [5.74, 6) is 1.00. The minimum Gasteiger partial charge on any atom is -0.340 e. The Bertz CT molecular complexity index is 753. The third-order valence-corrected chi connectivity index (χ3v) is 6.86. The molecule has 3 aliphatic rings. The number of carbonyl (C=O) groups excluding carboxylic acids is 2. The van der Waals surface area contributed by atoms with E-state index < -0.39 is 0 Å². The molecular weight excluding hydrogens is 374 g/mol. The largest absolute Gasteiger partial charge is 0.340 e. The number of rotatable bonds is 6. The summed E-state index contributed by atoms with van der Waals surface area (Å²) in [5, 5.41) is 0. The molecule has 0 aromatic heterocycles. The van der Waals surface area contributed by atoms with Gasteiger partial charge < -0.3 is 9.80 Å². The Hall–Kier alpha value is -2.14. The molecule has 162 valence electrons. The van der Waals surface area contributed by atoms with Gasteiger partial charge in [-0.1, -0.05) is 36.4 Å².